The third-order valence-electron chi connectivity index (χ3n) is 4.10. The summed E-state index contributed by atoms with van der Waals surface area (Å²) in [5.41, 5.74) is 2.80. The second kappa shape index (κ2) is 7.65. The highest BCUT2D eigenvalue weighted by molar-refractivity contribution is 5.90. The quantitative estimate of drug-likeness (QED) is 0.774. The molecule has 1 aromatic heterocycles. The third kappa shape index (κ3) is 4.36. The number of aromatic nitrogens is 2. The Morgan fingerprint density at radius 2 is 1.80 bits per heavy atom. The summed E-state index contributed by atoms with van der Waals surface area (Å²) in [6.45, 7) is 9.45. The van der Waals surface area contributed by atoms with Crippen LogP contribution in [0, 0.1) is 19.7 Å². The molecule has 0 aliphatic rings. The molecule has 2 atom stereocenters. The highest BCUT2D eigenvalue weighted by Gasteiger charge is 2.20. The van der Waals surface area contributed by atoms with Crippen LogP contribution in [0.25, 0.3) is 0 Å². The highest BCUT2D eigenvalue weighted by Crippen LogP contribution is 2.22. The maximum Gasteiger partial charge on any atom is 0.319 e. The van der Waals surface area contributed by atoms with Gasteiger partial charge in [0.2, 0.25) is 0 Å². The zero-order chi connectivity index (χ0) is 18.7. The minimum atomic E-state index is -0.938. The lowest BCUT2D eigenvalue weighted by atomic mass is 10.0. The van der Waals surface area contributed by atoms with Crippen LogP contribution < -0.4 is 10.6 Å². The van der Waals surface area contributed by atoms with E-state index >= 15 is 0 Å². The number of carbonyl (C=O) groups excluding carboxylic acids is 1. The molecule has 6 nitrogen and oxygen atoms in total. The first kappa shape index (κ1) is 18.9. The van der Waals surface area contributed by atoms with Gasteiger partial charge in [-0.05, 0) is 52.3 Å². The Hall–Kier alpha value is -2.41. The first-order valence-electron chi connectivity index (χ1n) is 8.27. The Balaban J connectivity index is 2.03. The van der Waals surface area contributed by atoms with Gasteiger partial charge in [-0.1, -0.05) is 12.1 Å². The van der Waals surface area contributed by atoms with E-state index < -0.39 is 18.2 Å². The van der Waals surface area contributed by atoms with Gasteiger partial charge in [-0.2, -0.15) is 5.10 Å². The van der Waals surface area contributed by atoms with Gasteiger partial charge in [-0.15, -0.1) is 0 Å². The fourth-order valence-electron chi connectivity index (χ4n) is 2.73. The summed E-state index contributed by atoms with van der Waals surface area (Å²) in [5, 5.41) is 20.2. The van der Waals surface area contributed by atoms with Crippen LogP contribution in [-0.2, 0) is 0 Å². The number of hydrogen-bond donors (Lipinski definition) is 3. The molecule has 0 spiro atoms. The normalized spacial score (nSPS) is 13.6. The molecule has 0 aliphatic heterocycles. The fraction of sp³-hybridized carbons (Fsp3) is 0.444. The Kier molecular flexibility index (Phi) is 5.79. The van der Waals surface area contributed by atoms with Crippen molar-refractivity contribution >= 4 is 11.7 Å². The van der Waals surface area contributed by atoms with E-state index in [2.05, 4.69) is 15.7 Å². The maximum atomic E-state index is 13.0. The maximum absolute atomic E-state index is 13.0. The molecule has 2 amide bonds. The molecule has 0 saturated carbocycles. The van der Waals surface area contributed by atoms with Crippen molar-refractivity contribution in [2.24, 2.45) is 0 Å². The van der Waals surface area contributed by atoms with Crippen molar-refractivity contribution in [1.29, 1.82) is 0 Å². The molecule has 25 heavy (non-hydrogen) atoms. The van der Waals surface area contributed by atoms with Gasteiger partial charge in [0.05, 0.1) is 29.2 Å². The Bertz CT molecular complexity index is 740. The van der Waals surface area contributed by atoms with E-state index in [1.165, 1.54) is 24.3 Å². The van der Waals surface area contributed by atoms with E-state index in [4.69, 9.17) is 0 Å². The molecule has 0 radical (unpaired) electrons. The minimum Gasteiger partial charge on any atom is -0.386 e. The van der Waals surface area contributed by atoms with Gasteiger partial charge in [0, 0.05) is 6.04 Å². The smallest absolute Gasteiger partial charge is 0.319 e. The number of aryl methyl sites for hydroxylation is 1. The summed E-state index contributed by atoms with van der Waals surface area (Å²) >= 11 is 0. The number of urea groups is 1. The molecule has 136 valence electrons. The average Bonchev–Trinajstić information content (AvgIpc) is 2.83. The van der Waals surface area contributed by atoms with E-state index in [1.54, 1.807) is 6.92 Å². The molecule has 0 fully saturated rings. The second-order valence-electron chi connectivity index (χ2n) is 6.47. The van der Waals surface area contributed by atoms with Gasteiger partial charge < -0.3 is 15.7 Å². The summed E-state index contributed by atoms with van der Waals surface area (Å²) in [4.78, 5) is 12.3. The molecule has 3 N–H and O–H groups in total. The number of nitrogens with one attached hydrogen (secondary N) is 2. The predicted octanol–water partition coefficient (Wildman–Crippen LogP) is 3.46. The number of halogens is 1. The zero-order valence-corrected chi connectivity index (χ0v) is 15.2. The van der Waals surface area contributed by atoms with Crippen molar-refractivity contribution in [1.82, 2.24) is 15.1 Å². The number of aliphatic hydroxyl groups is 1. The van der Waals surface area contributed by atoms with Gasteiger partial charge >= 0.3 is 6.03 Å². The molecule has 0 unspecified atom stereocenters. The molecule has 2 aromatic rings. The Morgan fingerprint density at radius 3 is 2.32 bits per heavy atom. The summed E-state index contributed by atoms with van der Waals surface area (Å²) in [7, 11) is 0. The lowest BCUT2D eigenvalue weighted by Crippen LogP contribution is -2.39. The largest absolute Gasteiger partial charge is 0.386 e. The number of carbonyl (C=O) groups is 1. The molecule has 7 heteroatoms. The average molecular weight is 348 g/mol. The summed E-state index contributed by atoms with van der Waals surface area (Å²) < 4.78 is 14.8. The van der Waals surface area contributed by atoms with E-state index in [0.717, 1.165) is 11.4 Å². The third-order valence-corrected chi connectivity index (χ3v) is 4.10. The number of anilines is 1. The molecule has 0 aliphatic carbocycles. The molecule has 1 heterocycles. The summed E-state index contributed by atoms with van der Waals surface area (Å²) in [5.74, 6) is -0.373. The van der Waals surface area contributed by atoms with Gasteiger partial charge in [-0.3, -0.25) is 4.68 Å². The summed E-state index contributed by atoms with van der Waals surface area (Å²) in [6.07, 6.45) is -0.938. The Labute approximate surface area is 147 Å². The van der Waals surface area contributed by atoms with Crippen molar-refractivity contribution in [2.75, 3.05) is 5.32 Å². The predicted molar refractivity (Wildman–Crippen MR) is 95.1 cm³/mol. The molecule has 2 rings (SSSR count). The number of hydrogen-bond acceptors (Lipinski definition) is 3. The number of benzene rings is 1. The van der Waals surface area contributed by atoms with Crippen LogP contribution in [0.3, 0.4) is 0 Å². The fourth-order valence-corrected chi connectivity index (χ4v) is 2.73. The molecular weight excluding hydrogens is 323 g/mol. The molecule has 0 bridgehead atoms. The van der Waals surface area contributed by atoms with Crippen molar-refractivity contribution in [2.45, 2.75) is 52.8 Å². The van der Waals surface area contributed by atoms with Crippen LogP contribution >= 0.6 is 0 Å². The topological polar surface area (TPSA) is 79.2 Å². The number of aliphatic hydroxyl groups excluding tert-OH is 1. The standard InChI is InChI=1S/C18H25FN4O2/c1-10(2)23-13(5)16(11(3)22-23)21-18(25)20-12(4)17(24)14-6-8-15(19)9-7-14/h6-10,12,17,24H,1-5H3,(H2,20,21,25)/t12-,17-/m0/s1. The van der Waals surface area contributed by atoms with Crippen molar-refractivity contribution in [3.8, 4) is 0 Å². The lowest BCUT2D eigenvalue weighted by Gasteiger charge is -2.21. The number of rotatable bonds is 5. The lowest BCUT2D eigenvalue weighted by molar-refractivity contribution is 0.139. The molecular formula is C18H25FN4O2. The van der Waals surface area contributed by atoms with E-state index in [9.17, 15) is 14.3 Å². The van der Waals surface area contributed by atoms with Crippen molar-refractivity contribution in [3.63, 3.8) is 0 Å². The second-order valence-corrected chi connectivity index (χ2v) is 6.47. The van der Waals surface area contributed by atoms with E-state index in [0.29, 0.717) is 11.3 Å². The SMILES string of the molecule is Cc1nn(C(C)C)c(C)c1NC(=O)N[C@@H](C)[C@H](O)c1ccc(F)cc1. The van der Waals surface area contributed by atoms with Crippen molar-refractivity contribution in [3.05, 3.63) is 47.0 Å². The molecule has 0 saturated heterocycles. The van der Waals surface area contributed by atoms with Gasteiger partial charge in [0.1, 0.15) is 5.82 Å². The van der Waals surface area contributed by atoms with Crippen LogP contribution in [0.1, 0.15) is 49.9 Å². The zero-order valence-electron chi connectivity index (χ0n) is 15.2. The Morgan fingerprint density at radius 1 is 1.20 bits per heavy atom. The van der Waals surface area contributed by atoms with Crippen molar-refractivity contribution < 1.29 is 14.3 Å². The number of amides is 2. The van der Waals surface area contributed by atoms with Crippen LogP contribution in [0.5, 0.6) is 0 Å². The first-order chi connectivity index (χ1) is 11.7. The number of nitrogens with zero attached hydrogens (tertiary/aromatic N) is 2. The van der Waals surface area contributed by atoms with Gasteiger partial charge in [-0.25, -0.2) is 9.18 Å². The van der Waals surface area contributed by atoms with E-state index in [1.807, 2.05) is 32.4 Å². The van der Waals surface area contributed by atoms with Crippen LogP contribution in [0.4, 0.5) is 14.9 Å². The van der Waals surface area contributed by atoms with Crippen LogP contribution in [0.2, 0.25) is 0 Å². The summed E-state index contributed by atoms with van der Waals surface area (Å²) in [6, 6.07) is 4.76. The van der Waals surface area contributed by atoms with Crippen LogP contribution in [0.15, 0.2) is 24.3 Å². The van der Waals surface area contributed by atoms with E-state index in [-0.39, 0.29) is 11.9 Å². The van der Waals surface area contributed by atoms with Crippen LogP contribution in [-0.4, -0.2) is 27.0 Å². The van der Waals surface area contributed by atoms with Gasteiger partial charge in [0.15, 0.2) is 0 Å². The monoisotopic (exact) mass is 348 g/mol. The minimum absolute atomic E-state index is 0.191. The molecule has 1 aromatic carbocycles. The first-order valence-corrected chi connectivity index (χ1v) is 8.27. The van der Waals surface area contributed by atoms with Gasteiger partial charge in [0.25, 0.3) is 0 Å². The highest BCUT2D eigenvalue weighted by atomic mass is 19.1.